The fraction of sp³-hybridized carbons (Fsp3) is 1.00. The summed E-state index contributed by atoms with van der Waals surface area (Å²) in [6.07, 6.45) is 10.2. The highest BCUT2D eigenvalue weighted by molar-refractivity contribution is 7.47. The van der Waals surface area contributed by atoms with E-state index in [1.54, 1.807) is 0 Å². The Morgan fingerprint density at radius 1 is 0.765 bits per heavy atom. The van der Waals surface area contributed by atoms with Crippen molar-refractivity contribution in [1.29, 1.82) is 0 Å². The molecule has 0 saturated heterocycles. The molecule has 17 heavy (non-hydrogen) atoms. The standard InChI is InChI=1S/C12H23O4P/c13-17(14,15-11-7-3-1-4-8-11)16-12-9-5-2-6-10-12/h11-12H,1-10H2,(H,13,14). The zero-order valence-electron chi connectivity index (χ0n) is 10.3. The first-order valence-electron chi connectivity index (χ1n) is 6.85. The summed E-state index contributed by atoms with van der Waals surface area (Å²) in [7, 11) is -3.83. The van der Waals surface area contributed by atoms with E-state index in [0.29, 0.717) is 0 Å². The van der Waals surface area contributed by atoms with Crippen LogP contribution in [0.5, 0.6) is 0 Å². The van der Waals surface area contributed by atoms with Crippen LogP contribution in [0.2, 0.25) is 0 Å². The van der Waals surface area contributed by atoms with E-state index >= 15 is 0 Å². The van der Waals surface area contributed by atoms with Crippen molar-refractivity contribution in [3.05, 3.63) is 0 Å². The third-order valence-electron chi connectivity index (χ3n) is 3.67. The van der Waals surface area contributed by atoms with Crippen LogP contribution >= 0.6 is 7.82 Å². The molecule has 0 aromatic rings. The summed E-state index contributed by atoms with van der Waals surface area (Å²) in [5, 5.41) is 0. The summed E-state index contributed by atoms with van der Waals surface area (Å²) in [6.45, 7) is 0. The van der Waals surface area contributed by atoms with E-state index in [2.05, 4.69) is 0 Å². The normalized spacial score (nSPS) is 25.0. The van der Waals surface area contributed by atoms with Gasteiger partial charge < -0.3 is 4.89 Å². The molecule has 0 aliphatic heterocycles. The number of phosphoric acid groups is 1. The van der Waals surface area contributed by atoms with Gasteiger partial charge in [-0.15, -0.1) is 0 Å². The summed E-state index contributed by atoms with van der Waals surface area (Å²) in [6, 6.07) is 0. The molecule has 0 amide bonds. The fourth-order valence-electron chi connectivity index (χ4n) is 2.74. The van der Waals surface area contributed by atoms with Gasteiger partial charge in [-0.05, 0) is 25.7 Å². The fourth-order valence-corrected chi connectivity index (χ4v) is 3.97. The molecule has 0 radical (unpaired) electrons. The minimum atomic E-state index is -3.83. The summed E-state index contributed by atoms with van der Waals surface area (Å²) in [5.74, 6) is 0. The number of rotatable bonds is 4. The number of hydrogen-bond acceptors (Lipinski definition) is 3. The van der Waals surface area contributed by atoms with Gasteiger partial charge in [-0.1, -0.05) is 38.5 Å². The molecule has 4 nitrogen and oxygen atoms in total. The van der Waals surface area contributed by atoms with E-state index in [1.807, 2.05) is 0 Å². The van der Waals surface area contributed by atoms with Crippen LogP contribution in [0.4, 0.5) is 0 Å². The Labute approximate surface area is 103 Å². The van der Waals surface area contributed by atoms with Gasteiger partial charge in [-0.3, -0.25) is 9.05 Å². The van der Waals surface area contributed by atoms with Gasteiger partial charge in [0, 0.05) is 0 Å². The second-order valence-electron chi connectivity index (χ2n) is 5.20. The molecule has 0 atom stereocenters. The molecule has 2 fully saturated rings. The van der Waals surface area contributed by atoms with Crippen LogP contribution in [0.1, 0.15) is 64.2 Å². The first-order valence-corrected chi connectivity index (χ1v) is 8.35. The molecule has 2 saturated carbocycles. The highest BCUT2D eigenvalue weighted by Crippen LogP contribution is 2.49. The predicted octanol–water partition coefficient (Wildman–Crippen LogP) is 3.79. The average molecular weight is 262 g/mol. The lowest BCUT2D eigenvalue weighted by Crippen LogP contribution is -2.20. The van der Waals surface area contributed by atoms with Crippen LogP contribution in [0.15, 0.2) is 0 Å². The molecule has 5 heteroatoms. The van der Waals surface area contributed by atoms with E-state index in [4.69, 9.17) is 9.05 Å². The highest BCUT2D eigenvalue weighted by Gasteiger charge is 2.31. The van der Waals surface area contributed by atoms with E-state index < -0.39 is 7.82 Å². The Balaban J connectivity index is 1.78. The Kier molecular flexibility index (Phi) is 5.04. The lowest BCUT2D eigenvalue weighted by atomic mass is 9.98. The van der Waals surface area contributed by atoms with Crippen molar-refractivity contribution >= 4 is 7.82 Å². The Hall–Kier alpha value is 0.110. The van der Waals surface area contributed by atoms with E-state index in [9.17, 15) is 9.46 Å². The largest absolute Gasteiger partial charge is 0.472 e. The second-order valence-corrected chi connectivity index (χ2v) is 6.56. The SMILES string of the molecule is O=P(O)(OC1CCCCC1)OC1CCCCC1. The summed E-state index contributed by atoms with van der Waals surface area (Å²) < 4.78 is 22.4. The van der Waals surface area contributed by atoms with Crippen molar-refractivity contribution in [3.63, 3.8) is 0 Å². The van der Waals surface area contributed by atoms with Gasteiger partial charge in [0.15, 0.2) is 0 Å². The zero-order chi connectivity index (χ0) is 12.1. The third kappa shape index (κ3) is 4.70. The zero-order valence-corrected chi connectivity index (χ0v) is 11.2. The number of phosphoric ester groups is 1. The molecule has 2 aliphatic rings. The second kappa shape index (κ2) is 6.33. The molecule has 0 aromatic carbocycles. The molecule has 2 aliphatic carbocycles. The minimum absolute atomic E-state index is 0.0804. The first kappa shape index (κ1) is 13.5. The van der Waals surface area contributed by atoms with Gasteiger partial charge in [0.2, 0.25) is 0 Å². The van der Waals surface area contributed by atoms with E-state index in [1.165, 1.54) is 12.8 Å². The van der Waals surface area contributed by atoms with Crippen molar-refractivity contribution < 1.29 is 18.5 Å². The topological polar surface area (TPSA) is 55.8 Å². The smallest absolute Gasteiger partial charge is 0.302 e. The van der Waals surface area contributed by atoms with Gasteiger partial charge in [-0.2, -0.15) is 0 Å². The molecule has 0 bridgehead atoms. The van der Waals surface area contributed by atoms with Crippen LogP contribution in [0.3, 0.4) is 0 Å². The van der Waals surface area contributed by atoms with Gasteiger partial charge in [0.05, 0.1) is 12.2 Å². The van der Waals surface area contributed by atoms with E-state index in [-0.39, 0.29) is 12.2 Å². The van der Waals surface area contributed by atoms with E-state index in [0.717, 1.165) is 51.4 Å². The Morgan fingerprint density at radius 3 is 1.47 bits per heavy atom. The van der Waals surface area contributed by atoms with Crippen molar-refractivity contribution in [2.24, 2.45) is 0 Å². The van der Waals surface area contributed by atoms with Crippen LogP contribution in [0, 0.1) is 0 Å². The highest BCUT2D eigenvalue weighted by atomic mass is 31.2. The number of hydrogen-bond donors (Lipinski definition) is 1. The summed E-state index contributed by atoms with van der Waals surface area (Å²) >= 11 is 0. The molecule has 100 valence electrons. The summed E-state index contributed by atoms with van der Waals surface area (Å²) in [4.78, 5) is 9.73. The van der Waals surface area contributed by atoms with Gasteiger partial charge in [0.25, 0.3) is 0 Å². The maximum atomic E-state index is 11.9. The van der Waals surface area contributed by atoms with Crippen LogP contribution in [0.25, 0.3) is 0 Å². The average Bonchev–Trinajstić information content (AvgIpc) is 2.30. The molecule has 0 spiro atoms. The maximum Gasteiger partial charge on any atom is 0.472 e. The van der Waals surface area contributed by atoms with Gasteiger partial charge >= 0.3 is 7.82 Å². The van der Waals surface area contributed by atoms with Gasteiger partial charge in [-0.25, -0.2) is 4.57 Å². The lowest BCUT2D eigenvalue weighted by molar-refractivity contribution is 0.0476. The van der Waals surface area contributed by atoms with Crippen molar-refractivity contribution in [1.82, 2.24) is 0 Å². The molecule has 2 rings (SSSR count). The monoisotopic (exact) mass is 262 g/mol. The van der Waals surface area contributed by atoms with Gasteiger partial charge in [0.1, 0.15) is 0 Å². The lowest BCUT2D eigenvalue weighted by Gasteiger charge is -2.27. The van der Waals surface area contributed by atoms with Crippen molar-refractivity contribution in [2.45, 2.75) is 76.4 Å². The first-order chi connectivity index (χ1) is 8.16. The van der Waals surface area contributed by atoms with Crippen LogP contribution in [-0.4, -0.2) is 17.1 Å². The molecular formula is C12H23O4P. The van der Waals surface area contributed by atoms with Crippen molar-refractivity contribution in [2.75, 3.05) is 0 Å². The van der Waals surface area contributed by atoms with Crippen LogP contribution < -0.4 is 0 Å². The Morgan fingerprint density at radius 2 is 1.12 bits per heavy atom. The maximum absolute atomic E-state index is 11.9. The summed E-state index contributed by atoms with van der Waals surface area (Å²) in [5.41, 5.74) is 0. The third-order valence-corrected chi connectivity index (χ3v) is 4.80. The van der Waals surface area contributed by atoms with Crippen LogP contribution in [-0.2, 0) is 13.6 Å². The quantitative estimate of drug-likeness (QED) is 0.783. The van der Waals surface area contributed by atoms with Crippen molar-refractivity contribution in [3.8, 4) is 0 Å². The molecule has 0 aromatic heterocycles. The molecular weight excluding hydrogens is 239 g/mol. The Bertz CT molecular complexity index is 246. The predicted molar refractivity (Wildman–Crippen MR) is 65.7 cm³/mol. The minimum Gasteiger partial charge on any atom is -0.302 e. The molecule has 0 unspecified atom stereocenters. The molecule has 1 N–H and O–H groups in total. The molecule has 0 heterocycles.